The number of halogens is 2. The van der Waals surface area contributed by atoms with Crippen LogP contribution in [0.5, 0.6) is 69.0 Å². The van der Waals surface area contributed by atoms with Crippen molar-refractivity contribution in [1.29, 1.82) is 0 Å². The smallest absolute Gasteiger partial charge is 0.335 e. The van der Waals surface area contributed by atoms with E-state index >= 15 is 33.6 Å². The maximum Gasteiger partial charge on any atom is 0.335 e. The Kier molecular flexibility index (Phi) is 31.8. The van der Waals surface area contributed by atoms with E-state index in [9.17, 15) is 70.9 Å². The first-order valence-electron chi connectivity index (χ1n) is 42.5. The van der Waals surface area contributed by atoms with Crippen molar-refractivity contribution >= 4 is 76.1 Å². The summed E-state index contributed by atoms with van der Waals surface area (Å²) in [5.41, 5.74) is -2.01. The molecule has 0 spiro atoms. The summed E-state index contributed by atoms with van der Waals surface area (Å²) in [4.78, 5) is 143. The molecule has 0 radical (unpaired) electrons. The molecule has 8 aliphatic heterocycles. The molecule has 698 valence electrons. The van der Waals surface area contributed by atoms with Crippen LogP contribution in [0.1, 0.15) is 173 Å². The topological polar surface area (TPSA) is 528 Å². The summed E-state index contributed by atoms with van der Waals surface area (Å²) in [6, 6.07) is 13.7. The number of carbonyl (C=O) groups excluding carboxylic acids is 8. The number of likely N-dealkylation sites (N-methyl/N-ethyl adjacent to an activating group) is 1. The number of aliphatic hydroxyl groups excluding tert-OH is 7. The van der Waals surface area contributed by atoms with Gasteiger partial charge in [0.2, 0.25) is 47.9 Å². The molecule has 130 heavy (non-hydrogen) atoms. The number of carboxylic acids is 1. The molecule has 17 N–H and O–H groups in total. The number of hydrogen-bond acceptors (Lipinski definition) is 29. The molecule has 18 atom stereocenters. The van der Waals surface area contributed by atoms with Crippen molar-refractivity contribution in [3.05, 3.63) is 164 Å². The molecule has 0 saturated carbocycles. The van der Waals surface area contributed by atoms with Gasteiger partial charge >= 0.3 is 5.97 Å². The maximum atomic E-state index is 17.0. The number of hydrogen-bond donors (Lipinski definition) is 17. The number of rotatable bonds is 23. The van der Waals surface area contributed by atoms with Crippen molar-refractivity contribution in [2.75, 3.05) is 47.9 Å². The molecule has 15 rings (SSSR count). The molecule has 37 heteroatoms. The van der Waals surface area contributed by atoms with E-state index in [0.29, 0.717) is 37.3 Å². The van der Waals surface area contributed by atoms with Gasteiger partial charge in [0.1, 0.15) is 107 Å². The number of phenolic OH excluding ortho intramolecular Hbond substituents is 4. The first-order chi connectivity index (χ1) is 61.4. The largest absolute Gasteiger partial charge is 0.508 e. The number of phenols is 4. The van der Waals surface area contributed by atoms with Crippen molar-refractivity contribution in [2.45, 2.75) is 208 Å². The van der Waals surface area contributed by atoms with Crippen LogP contribution in [-0.4, -0.2) is 239 Å². The Labute approximate surface area is 758 Å². The highest BCUT2D eigenvalue weighted by molar-refractivity contribution is 6.33. The van der Waals surface area contributed by atoms with Gasteiger partial charge in [-0.3, -0.25) is 43.3 Å². The SMILES string of the molecule is C.CC(C)CCCCCCCCC(=O)C[C@H]1[C@H](Oc2c3cc4cc2Oc2ccc(cc2Cl)[C@@H](O)[C@@H]2NC(=O)[C@H](CC(=O)[C@@H]4NC(=O)[C@H]4CC(=O)[C@@H](Cc5ccc(cc5)O3)NC(=O)[C@H](N(C)C)c3ccc(O)c(c3)Oc3cc(O)c(Cl)c4c3)c3ccc(O)c(c3)-c3c(O[C@H]4O[C@H](CO)[C@@H](O)[C@H](O)[C@@H]4O)cc(O)cc3[C@@H](C(=O)NCCCN(C)C)NC2=O)O[C@H](C(=O)O)[C@@H](O)[C@@H]1O. The third-order valence-corrected chi connectivity index (χ3v) is 24.6. The molecule has 35 nitrogen and oxygen atoms in total. The number of amides is 5. The number of Topliss-reactive ketones (excluding diaryl/α,β-unsaturated/α-hetero) is 3. The van der Waals surface area contributed by atoms with Gasteiger partial charge in [-0.15, -0.1) is 0 Å². The lowest BCUT2D eigenvalue weighted by Crippen LogP contribution is -2.60. The summed E-state index contributed by atoms with van der Waals surface area (Å²) in [7, 11) is 6.70. The predicted molar refractivity (Wildman–Crippen MR) is 468 cm³/mol. The molecule has 8 heterocycles. The molecular formula is C93H109Cl2N7O28. The Morgan fingerprint density at radius 1 is 0.569 bits per heavy atom. The van der Waals surface area contributed by atoms with Crippen molar-refractivity contribution in [1.82, 2.24) is 36.4 Å². The highest BCUT2D eigenvalue weighted by Gasteiger charge is 2.52. The molecule has 0 aliphatic carbocycles. The summed E-state index contributed by atoms with van der Waals surface area (Å²) in [5.74, 6) is -21.2. The number of aliphatic carboxylic acids is 1. The van der Waals surface area contributed by atoms with E-state index in [-0.39, 0.29) is 72.1 Å². The second-order valence-corrected chi connectivity index (χ2v) is 35.0. The number of nitrogens with one attached hydrogen (secondary N) is 5. The van der Waals surface area contributed by atoms with Gasteiger partial charge in [0, 0.05) is 55.5 Å². The normalized spacial score (nSPS) is 25.7. The second kappa shape index (κ2) is 42.3. The second-order valence-electron chi connectivity index (χ2n) is 34.2. The monoisotopic (exact) mass is 1840 g/mol. The number of nitrogens with zero attached hydrogens (tertiary/aromatic N) is 2. The van der Waals surface area contributed by atoms with Crippen LogP contribution in [0.3, 0.4) is 0 Å². The van der Waals surface area contributed by atoms with Crippen LogP contribution in [0.15, 0.2) is 115 Å². The number of ketones is 3. The lowest BCUT2D eigenvalue weighted by atomic mass is 9.84. The zero-order chi connectivity index (χ0) is 92.8. The summed E-state index contributed by atoms with van der Waals surface area (Å²) in [6.45, 7) is 3.67. The van der Waals surface area contributed by atoms with Gasteiger partial charge < -0.3 is 126 Å². The minimum atomic E-state index is -2.30. The lowest BCUT2D eigenvalue weighted by Gasteiger charge is -2.41. The van der Waals surface area contributed by atoms with Crippen LogP contribution in [0.25, 0.3) is 11.1 Å². The fourth-order valence-electron chi connectivity index (χ4n) is 16.9. The number of carbonyl (C=O) groups is 9. The highest BCUT2D eigenvalue weighted by Crippen LogP contribution is 2.52. The van der Waals surface area contributed by atoms with Gasteiger partial charge in [0.05, 0.1) is 46.6 Å². The number of benzene rings is 7. The number of unbranched alkanes of at least 4 members (excludes halogenated alkanes) is 5. The van der Waals surface area contributed by atoms with E-state index in [2.05, 4.69) is 40.4 Å². The quantitative estimate of drug-likeness (QED) is 0.0270. The molecule has 7 aromatic rings. The number of carboxylic acid groups (broad SMARTS) is 1. The Bertz CT molecular complexity index is 5370. The minimum Gasteiger partial charge on any atom is -0.508 e. The van der Waals surface area contributed by atoms with E-state index < -0.39 is 266 Å². The molecular weight excluding hydrogens is 1730 g/mol. The van der Waals surface area contributed by atoms with E-state index in [1.54, 1.807) is 28.2 Å². The molecule has 17 bridgehead atoms. The third-order valence-electron chi connectivity index (χ3n) is 23.9. The highest BCUT2D eigenvalue weighted by atomic mass is 35.5. The van der Waals surface area contributed by atoms with E-state index in [4.69, 9.17) is 56.4 Å². The maximum absolute atomic E-state index is 17.0. The Balaban J connectivity index is 0.0000153. The predicted octanol–water partition coefficient (Wildman–Crippen LogP) is 8.01. The Morgan fingerprint density at radius 2 is 1.23 bits per heavy atom. The summed E-state index contributed by atoms with van der Waals surface area (Å²) < 4.78 is 44.9. The molecule has 2 fully saturated rings. The minimum absolute atomic E-state index is 0. The van der Waals surface area contributed by atoms with Gasteiger partial charge in [-0.25, -0.2) is 4.79 Å². The van der Waals surface area contributed by atoms with Crippen molar-refractivity contribution in [2.24, 2.45) is 11.8 Å². The van der Waals surface area contributed by atoms with Crippen LogP contribution >= 0.6 is 23.2 Å². The van der Waals surface area contributed by atoms with Crippen molar-refractivity contribution in [3.8, 4) is 80.1 Å². The van der Waals surface area contributed by atoms with Crippen molar-refractivity contribution in [3.63, 3.8) is 0 Å². The molecule has 0 unspecified atom stereocenters. The van der Waals surface area contributed by atoms with Gasteiger partial charge in [-0.2, -0.15) is 0 Å². The van der Waals surface area contributed by atoms with E-state index in [1.807, 2.05) is 4.90 Å². The average molecular weight is 1840 g/mol. The van der Waals surface area contributed by atoms with Crippen LogP contribution in [-0.2, 0) is 59.0 Å². The first kappa shape index (κ1) is 97.8. The Morgan fingerprint density at radius 3 is 1.92 bits per heavy atom. The molecule has 7 aromatic carbocycles. The fourth-order valence-corrected chi connectivity index (χ4v) is 17.4. The van der Waals surface area contributed by atoms with Crippen LogP contribution < -0.4 is 50.3 Å². The molecule has 0 aromatic heterocycles. The zero-order valence-corrected chi connectivity index (χ0v) is 72.8. The van der Waals surface area contributed by atoms with Gasteiger partial charge in [-0.05, 0) is 172 Å². The van der Waals surface area contributed by atoms with Crippen LogP contribution in [0.4, 0.5) is 0 Å². The number of ether oxygens (including phenoxy) is 7. The average Bonchev–Trinajstić information content (AvgIpc) is 0.753. The van der Waals surface area contributed by atoms with Crippen LogP contribution in [0.2, 0.25) is 10.0 Å². The summed E-state index contributed by atoms with van der Waals surface area (Å²) in [6.07, 6.45) is -17.6. The number of aromatic hydroxyl groups is 4. The van der Waals surface area contributed by atoms with Gasteiger partial charge in [0.25, 0.3) is 0 Å². The zero-order valence-electron chi connectivity index (χ0n) is 71.3. The van der Waals surface area contributed by atoms with E-state index in [0.717, 1.165) is 86.7 Å². The van der Waals surface area contributed by atoms with Gasteiger partial charge in [0.15, 0.2) is 40.7 Å². The number of fused-ring (bicyclic) bond motifs is 14. The molecule has 2 saturated heterocycles. The van der Waals surface area contributed by atoms with Crippen LogP contribution in [0, 0.1) is 11.8 Å². The van der Waals surface area contributed by atoms with Gasteiger partial charge in [-0.1, -0.05) is 113 Å². The summed E-state index contributed by atoms with van der Waals surface area (Å²) >= 11 is 14.4. The molecule has 5 amide bonds. The van der Waals surface area contributed by atoms with E-state index in [1.165, 1.54) is 65.6 Å². The lowest BCUT2D eigenvalue weighted by molar-refractivity contribution is -0.277. The Hall–Kier alpha value is -11.3. The number of aliphatic hydroxyl groups is 7. The third kappa shape index (κ3) is 22.1. The fraction of sp³-hybridized carbons (Fsp3) is 0.452. The standard InChI is InChI=1S/C92H105Cl2N7O28.CH4/c1-42(2)14-11-9-7-8-10-12-15-48(103)34-57-78(111)81(114)84(90(121)122)129-91(57)128-83-68-32-47-33-69(83)125-65-25-20-46(30-58(65)93)77(110)75-88(119)98-74(87(118)95-26-13-27-100(3)4)56-35-49(104)36-67(126-92-82(115)80(113)79(112)70(41-102)127-92)71(56)55-29-44(18-23-60(55)105)52(85(116)99-75)39-64(109)73(47)97-86(117)54-40-62(107)59(28-43-16-21-50(123-68)22-17-43)96-89(120)76(101(5)6)45-19-24-61(106)66(31-45)124-51-37-53(54)72(94)63(108)38-51;/h16-25,29-33,35-38,42,52,54,57,59,70,73-82,84,91-92,102,104-106,108,110-115H,7-15,26-28,34,39-41H2,1-6H3,(H,95,118)(H,96,120)(H,97,117)(H,98,119)(H,99,116)(H,121,122);1H4/t52-,54+,57-,59-,70-,73-,74+,75+,76-,77-,78-,79-,80+,81+,82+,84+,91-,92+;/m1./s1. The molecule has 8 aliphatic rings. The summed E-state index contributed by atoms with van der Waals surface area (Å²) in [5, 5.41) is 151. The van der Waals surface area contributed by atoms with Crippen molar-refractivity contribution < 1.29 is 138 Å². The first-order valence-corrected chi connectivity index (χ1v) is 43.3.